The second kappa shape index (κ2) is 6.18. The molecule has 92 valence electrons. The Morgan fingerprint density at radius 1 is 1.47 bits per heavy atom. The van der Waals surface area contributed by atoms with Crippen LogP contribution in [0.4, 0.5) is 0 Å². The van der Waals surface area contributed by atoms with Gasteiger partial charge in [-0.1, -0.05) is 17.8 Å². The average Bonchev–Trinajstić information content (AvgIpc) is 2.97. The van der Waals surface area contributed by atoms with Crippen molar-refractivity contribution in [2.75, 3.05) is 12.4 Å². The summed E-state index contributed by atoms with van der Waals surface area (Å²) < 4.78 is 2.12. The molecule has 0 aliphatic carbocycles. The smallest absolute Gasteiger partial charge is 0.191 e. The third-order valence-corrected chi connectivity index (χ3v) is 4.23. The van der Waals surface area contributed by atoms with Crippen molar-refractivity contribution in [3.63, 3.8) is 0 Å². The van der Waals surface area contributed by atoms with Crippen LogP contribution in [-0.2, 0) is 6.54 Å². The topological polar surface area (TPSA) is 50.9 Å². The number of nitrogens with zero attached hydrogens (tertiary/aromatic N) is 3. The van der Waals surface area contributed by atoms with E-state index in [2.05, 4.69) is 27.8 Å². The maximum atomic E-state index is 8.77. The van der Waals surface area contributed by atoms with Gasteiger partial charge in [-0.05, 0) is 24.8 Å². The molecule has 4 nitrogen and oxygen atoms in total. The molecule has 0 saturated carbocycles. The quantitative estimate of drug-likeness (QED) is 0.646. The number of aromatic nitrogens is 3. The first-order valence-electron chi connectivity index (χ1n) is 5.57. The minimum absolute atomic E-state index is 0.227. The third kappa shape index (κ3) is 2.88. The van der Waals surface area contributed by atoms with E-state index in [9.17, 15) is 0 Å². The summed E-state index contributed by atoms with van der Waals surface area (Å²) >= 11 is 3.32. The van der Waals surface area contributed by atoms with Gasteiger partial charge in [0, 0.05) is 18.9 Å². The van der Waals surface area contributed by atoms with Gasteiger partial charge in [-0.25, -0.2) is 0 Å². The zero-order chi connectivity index (χ0) is 12.1. The van der Waals surface area contributed by atoms with E-state index >= 15 is 0 Å². The Morgan fingerprint density at radius 3 is 3.00 bits per heavy atom. The summed E-state index contributed by atoms with van der Waals surface area (Å²) in [7, 11) is 0. The van der Waals surface area contributed by atoms with E-state index < -0.39 is 0 Å². The molecule has 6 heteroatoms. The Morgan fingerprint density at radius 2 is 2.35 bits per heavy atom. The molecule has 0 aliphatic heterocycles. The lowest BCUT2D eigenvalue weighted by Gasteiger charge is -2.05. The van der Waals surface area contributed by atoms with Gasteiger partial charge in [0.05, 0.1) is 4.88 Å². The molecule has 2 heterocycles. The standard InChI is InChI=1S/C11H15N3OS2/c1-2-14-10(9-5-3-7-16-9)12-13-11(14)17-8-4-6-15/h3,5,7,15H,2,4,6,8H2,1H3. The SMILES string of the molecule is CCn1c(SCCCO)nnc1-c1cccs1. The molecule has 2 aromatic rings. The molecule has 0 unspecified atom stereocenters. The fourth-order valence-electron chi connectivity index (χ4n) is 1.50. The summed E-state index contributed by atoms with van der Waals surface area (Å²) in [4.78, 5) is 1.15. The van der Waals surface area contributed by atoms with Crippen molar-refractivity contribution >= 4 is 23.1 Å². The first-order valence-corrected chi connectivity index (χ1v) is 7.44. The van der Waals surface area contributed by atoms with Gasteiger partial charge in [0.1, 0.15) is 0 Å². The molecular weight excluding hydrogens is 254 g/mol. The Hall–Kier alpha value is -0.850. The van der Waals surface area contributed by atoms with Crippen LogP contribution in [-0.4, -0.2) is 32.2 Å². The van der Waals surface area contributed by atoms with Gasteiger partial charge in [0.2, 0.25) is 0 Å². The van der Waals surface area contributed by atoms with Crippen molar-refractivity contribution in [1.29, 1.82) is 0 Å². The Bertz CT molecular complexity index is 453. The number of hydrogen-bond donors (Lipinski definition) is 1. The van der Waals surface area contributed by atoms with Crippen LogP contribution < -0.4 is 0 Å². The molecule has 2 aromatic heterocycles. The summed E-state index contributed by atoms with van der Waals surface area (Å²) in [5.41, 5.74) is 0. The van der Waals surface area contributed by atoms with Gasteiger partial charge < -0.3 is 9.67 Å². The first kappa shape index (κ1) is 12.6. The van der Waals surface area contributed by atoms with Crippen LogP contribution in [0.2, 0.25) is 0 Å². The van der Waals surface area contributed by atoms with E-state index in [0.717, 1.165) is 34.6 Å². The fourth-order valence-corrected chi connectivity index (χ4v) is 3.14. The summed E-state index contributed by atoms with van der Waals surface area (Å²) in [6.07, 6.45) is 0.787. The zero-order valence-corrected chi connectivity index (χ0v) is 11.3. The number of aliphatic hydroxyl groups excluding tert-OH is 1. The number of thioether (sulfide) groups is 1. The van der Waals surface area contributed by atoms with E-state index in [1.165, 1.54) is 0 Å². The van der Waals surface area contributed by atoms with Crippen molar-refractivity contribution < 1.29 is 5.11 Å². The lowest BCUT2D eigenvalue weighted by Crippen LogP contribution is -1.99. The highest BCUT2D eigenvalue weighted by atomic mass is 32.2. The van der Waals surface area contributed by atoms with Crippen LogP contribution in [0.3, 0.4) is 0 Å². The van der Waals surface area contributed by atoms with Crippen molar-refractivity contribution in [3.8, 4) is 10.7 Å². The van der Waals surface area contributed by atoms with Gasteiger partial charge >= 0.3 is 0 Å². The molecule has 0 fully saturated rings. The monoisotopic (exact) mass is 269 g/mol. The van der Waals surface area contributed by atoms with Gasteiger partial charge in [0.15, 0.2) is 11.0 Å². The molecule has 0 saturated heterocycles. The van der Waals surface area contributed by atoms with Gasteiger partial charge in [-0.2, -0.15) is 0 Å². The number of aliphatic hydroxyl groups is 1. The minimum Gasteiger partial charge on any atom is -0.396 e. The average molecular weight is 269 g/mol. The molecular formula is C11H15N3OS2. The molecule has 0 aliphatic rings. The van der Waals surface area contributed by atoms with E-state index in [1.54, 1.807) is 23.1 Å². The Kier molecular flexibility index (Phi) is 4.58. The summed E-state index contributed by atoms with van der Waals surface area (Å²) in [5, 5.41) is 20.2. The van der Waals surface area contributed by atoms with Crippen LogP contribution in [0.5, 0.6) is 0 Å². The second-order valence-electron chi connectivity index (χ2n) is 3.45. The predicted molar refractivity (Wildman–Crippen MR) is 71.4 cm³/mol. The maximum absolute atomic E-state index is 8.77. The van der Waals surface area contributed by atoms with Crippen LogP contribution in [0, 0.1) is 0 Å². The highest BCUT2D eigenvalue weighted by molar-refractivity contribution is 7.99. The van der Waals surface area contributed by atoms with Crippen LogP contribution in [0.15, 0.2) is 22.7 Å². The molecule has 0 bridgehead atoms. The van der Waals surface area contributed by atoms with Crippen molar-refractivity contribution in [3.05, 3.63) is 17.5 Å². The number of thiophene rings is 1. The lowest BCUT2D eigenvalue weighted by molar-refractivity contribution is 0.296. The summed E-state index contributed by atoms with van der Waals surface area (Å²) in [6.45, 7) is 3.18. The first-order chi connectivity index (χ1) is 8.36. The van der Waals surface area contributed by atoms with Crippen molar-refractivity contribution in [1.82, 2.24) is 14.8 Å². The number of rotatable bonds is 6. The van der Waals surface area contributed by atoms with Crippen LogP contribution >= 0.6 is 23.1 Å². The highest BCUT2D eigenvalue weighted by Gasteiger charge is 2.13. The molecule has 0 aromatic carbocycles. The minimum atomic E-state index is 0.227. The van der Waals surface area contributed by atoms with Gasteiger partial charge in [-0.3, -0.25) is 0 Å². The Labute approximate surface area is 109 Å². The molecule has 17 heavy (non-hydrogen) atoms. The van der Waals surface area contributed by atoms with E-state index in [4.69, 9.17) is 5.11 Å². The largest absolute Gasteiger partial charge is 0.396 e. The van der Waals surface area contributed by atoms with E-state index in [0.29, 0.717) is 0 Å². The van der Waals surface area contributed by atoms with Gasteiger partial charge in [0.25, 0.3) is 0 Å². The highest BCUT2D eigenvalue weighted by Crippen LogP contribution is 2.27. The molecule has 0 atom stereocenters. The van der Waals surface area contributed by atoms with Crippen LogP contribution in [0.1, 0.15) is 13.3 Å². The molecule has 2 rings (SSSR count). The maximum Gasteiger partial charge on any atom is 0.191 e. The Balaban J connectivity index is 2.18. The molecule has 0 spiro atoms. The fraction of sp³-hybridized carbons (Fsp3) is 0.455. The summed E-state index contributed by atoms with van der Waals surface area (Å²) in [6, 6.07) is 4.08. The lowest BCUT2D eigenvalue weighted by atomic mass is 10.4. The van der Waals surface area contributed by atoms with E-state index in [1.807, 2.05) is 11.4 Å². The predicted octanol–water partition coefficient (Wildman–Crippen LogP) is 2.50. The molecule has 1 N–H and O–H groups in total. The second-order valence-corrected chi connectivity index (χ2v) is 5.46. The van der Waals surface area contributed by atoms with Crippen molar-refractivity contribution in [2.24, 2.45) is 0 Å². The van der Waals surface area contributed by atoms with Crippen molar-refractivity contribution in [2.45, 2.75) is 25.0 Å². The third-order valence-electron chi connectivity index (χ3n) is 2.31. The number of hydrogen-bond acceptors (Lipinski definition) is 5. The molecule has 0 amide bonds. The normalized spacial score (nSPS) is 10.9. The zero-order valence-electron chi connectivity index (χ0n) is 9.67. The van der Waals surface area contributed by atoms with Crippen LogP contribution in [0.25, 0.3) is 10.7 Å². The summed E-state index contributed by atoms with van der Waals surface area (Å²) in [5.74, 6) is 1.81. The van der Waals surface area contributed by atoms with Gasteiger partial charge in [-0.15, -0.1) is 21.5 Å². The van der Waals surface area contributed by atoms with E-state index in [-0.39, 0.29) is 6.61 Å². The molecule has 0 radical (unpaired) electrons.